The highest BCUT2D eigenvalue weighted by Gasteiger charge is 2.00. The van der Waals surface area contributed by atoms with Crippen LogP contribution in [0.2, 0.25) is 0 Å². The van der Waals surface area contributed by atoms with Gasteiger partial charge in [0.1, 0.15) is 0 Å². The molecule has 0 unspecified atom stereocenters. The summed E-state index contributed by atoms with van der Waals surface area (Å²) in [5, 5.41) is 0. The van der Waals surface area contributed by atoms with Gasteiger partial charge in [0, 0.05) is 21.5 Å². The van der Waals surface area contributed by atoms with Crippen molar-refractivity contribution in [1.82, 2.24) is 0 Å². The van der Waals surface area contributed by atoms with Crippen LogP contribution >= 0.6 is 15.9 Å². The van der Waals surface area contributed by atoms with Crippen LogP contribution in [0.4, 0.5) is 0 Å². The highest BCUT2D eigenvalue weighted by Crippen LogP contribution is 2.22. The van der Waals surface area contributed by atoms with E-state index in [1.165, 1.54) is 11.1 Å². The molecule has 0 spiro atoms. The van der Waals surface area contributed by atoms with Gasteiger partial charge in [-0.25, -0.2) is 0 Å². The van der Waals surface area contributed by atoms with E-state index in [4.69, 9.17) is 0 Å². The van der Waals surface area contributed by atoms with Gasteiger partial charge in [-0.15, -0.1) is 0 Å². The molecule has 0 amide bonds. The van der Waals surface area contributed by atoms with Crippen LogP contribution in [-0.2, 0) is 0 Å². The van der Waals surface area contributed by atoms with Gasteiger partial charge in [-0.05, 0) is 22.0 Å². The Hall–Kier alpha value is -1.52. The van der Waals surface area contributed by atoms with Crippen molar-refractivity contribution in [3.8, 4) is 21.9 Å². The molecular weight excluding hydrogens is 248 g/mol. The summed E-state index contributed by atoms with van der Waals surface area (Å²) in [7, 11) is 0. The van der Waals surface area contributed by atoms with E-state index in [1.54, 1.807) is 0 Å². The van der Waals surface area contributed by atoms with Gasteiger partial charge in [0.2, 0.25) is 0 Å². The number of hydrogen-bond donors (Lipinski definition) is 0. The Bertz CT molecular complexity index is 504. The first-order chi connectivity index (χ1) is 7.42. The number of hydrogen-bond acceptors (Lipinski definition) is 0. The molecule has 0 nitrogen and oxygen atoms in total. The number of halogens is 1. The van der Waals surface area contributed by atoms with Crippen LogP contribution in [0.1, 0.15) is 5.56 Å². The van der Waals surface area contributed by atoms with Crippen molar-refractivity contribution in [1.29, 1.82) is 0 Å². The minimum Gasteiger partial charge on any atom is -0.0622 e. The van der Waals surface area contributed by atoms with Gasteiger partial charge in [0.15, 0.2) is 0 Å². The zero-order valence-electron chi connectivity index (χ0n) is 8.07. The molecule has 15 heavy (non-hydrogen) atoms. The summed E-state index contributed by atoms with van der Waals surface area (Å²) in [6.45, 7) is 0. The lowest BCUT2D eigenvalue weighted by Crippen LogP contribution is -1.82. The highest BCUT2D eigenvalue weighted by molar-refractivity contribution is 9.12. The van der Waals surface area contributed by atoms with Gasteiger partial charge in [-0.1, -0.05) is 54.5 Å². The van der Waals surface area contributed by atoms with Gasteiger partial charge < -0.3 is 0 Å². The Morgan fingerprint density at radius 2 is 1.47 bits per heavy atom. The van der Waals surface area contributed by atoms with Crippen molar-refractivity contribution in [2.24, 2.45) is 0 Å². The second-order valence-corrected chi connectivity index (χ2v) is 3.53. The average molecular weight is 257 g/mol. The topological polar surface area (TPSA) is 0 Å². The third-order valence-corrected chi connectivity index (χ3v) is 2.39. The van der Waals surface area contributed by atoms with E-state index in [9.17, 15) is 0 Å². The third-order valence-electron chi connectivity index (χ3n) is 2.19. The van der Waals surface area contributed by atoms with Crippen LogP contribution < -0.4 is 0 Å². The second kappa shape index (κ2) is 4.82. The molecule has 0 aliphatic carbocycles. The molecule has 0 radical (unpaired) electrons. The minimum atomic E-state index is 1.04. The molecule has 2 aromatic rings. The van der Waals surface area contributed by atoms with Gasteiger partial charge in [0.05, 0.1) is 0 Å². The zero-order valence-corrected chi connectivity index (χ0v) is 9.66. The fourth-order valence-corrected chi connectivity index (χ4v) is 1.73. The van der Waals surface area contributed by atoms with Gasteiger partial charge in [-0.2, -0.15) is 0 Å². The lowest BCUT2D eigenvalue weighted by atomic mass is 10.0. The summed E-state index contributed by atoms with van der Waals surface area (Å²) < 4.78 is 0. The van der Waals surface area contributed by atoms with Crippen molar-refractivity contribution < 1.29 is 0 Å². The molecule has 2 rings (SSSR count). The Labute approximate surface area is 98.1 Å². The maximum absolute atomic E-state index is 3.13. The lowest BCUT2D eigenvalue weighted by Gasteiger charge is -2.03. The van der Waals surface area contributed by atoms with Crippen LogP contribution in [-0.4, -0.2) is 0 Å². The monoisotopic (exact) mass is 256 g/mol. The molecule has 0 bridgehead atoms. The van der Waals surface area contributed by atoms with E-state index in [-0.39, 0.29) is 0 Å². The van der Waals surface area contributed by atoms with Gasteiger partial charge in [-0.3, -0.25) is 0 Å². The van der Waals surface area contributed by atoms with Crippen LogP contribution in [0.5, 0.6) is 0 Å². The van der Waals surface area contributed by atoms with Crippen molar-refractivity contribution in [3.05, 3.63) is 60.2 Å². The Balaban J connectivity index is 2.56. The van der Waals surface area contributed by atoms with Crippen molar-refractivity contribution in [2.45, 2.75) is 0 Å². The molecule has 1 heteroatoms. The molecule has 0 aromatic heterocycles. The molecule has 0 fully saturated rings. The molecule has 0 aliphatic rings. The SMILES string of the molecule is BrC#Cc1ccccc1-c1ccccc1. The predicted molar refractivity (Wildman–Crippen MR) is 67.7 cm³/mol. The maximum atomic E-state index is 3.13. The Kier molecular flexibility index (Phi) is 3.22. The number of benzene rings is 2. The van der Waals surface area contributed by atoms with Gasteiger partial charge >= 0.3 is 0 Å². The highest BCUT2D eigenvalue weighted by atomic mass is 79.9. The minimum absolute atomic E-state index is 1.04. The zero-order chi connectivity index (χ0) is 10.5. The molecule has 72 valence electrons. The van der Waals surface area contributed by atoms with E-state index >= 15 is 0 Å². The fourth-order valence-electron chi connectivity index (χ4n) is 1.51. The van der Waals surface area contributed by atoms with Crippen LogP contribution in [0, 0.1) is 10.8 Å². The molecule has 2 aromatic carbocycles. The maximum Gasteiger partial charge on any atom is 0.0332 e. The summed E-state index contributed by atoms with van der Waals surface area (Å²) in [5.41, 5.74) is 3.41. The summed E-state index contributed by atoms with van der Waals surface area (Å²) in [6, 6.07) is 18.4. The summed E-state index contributed by atoms with van der Waals surface area (Å²) in [5.74, 6) is 3.04. The molecule has 0 aliphatic heterocycles. The second-order valence-electron chi connectivity index (χ2n) is 3.13. The van der Waals surface area contributed by atoms with E-state index in [0.29, 0.717) is 0 Å². The van der Waals surface area contributed by atoms with Crippen LogP contribution in [0.15, 0.2) is 54.6 Å². The Morgan fingerprint density at radius 1 is 0.800 bits per heavy atom. The molecule has 0 atom stereocenters. The molecule has 0 heterocycles. The first-order valence-electron chi connectivity index (χ1n) is 4.68. The number of rotatable bonds is 1. The largest absolute Gasteiger partial charge is 0.0622 e. The average Bonchev–Trinajstić information content (AvgIpc) is 2.31. The van der Waals surface area contributed by atoms with Crippen LogP contribution in [0.25, 0.3) is 11.1 Å². The lowest BCUT2D eigenvalue weighted by molar-refractivity contribution is 1.58. The van der Waals surface area contributed by atoms with Gasteiger partial charge in [0.25, 0.3) is 0 Å². The smallest absolute Gasteiger partial charge is 0.0332 e. The van der Waals surface area contributed by atoms with Crippen LogP contribution in [0.3, 0.4) is 0 Å². The standard InChI is InChI=1S/C14H9Br/c15-11-10-13-8-4-5-9-14(13)12-6-2-1-3-7-12/h1-9H. The van der Waals surface area contributed by atoms with Crippen molar-refractivity contribution in [2.75, 3.05) is 0 Å². The molecule has 0 N–H and O–H groups in total. The summed E-state index contributed by atoms with van der Waals surface area (Å²) in [6.07, 6.45) is 0. The third kappa shape index (κ3) is 2.29. The Morgan fingerprint density at radius 3 is 2.20 bits per heavy atom. The fraction of sp³-hybridized carbons (Fsp3) is 0. The quantitative estimate of drug-likeness (QED) is 0.676. The van der Waals surface area contributed by atoms with E-state index in [1.807, 2.05) is 36.4 Å². The molecule has 0 saturated heterocycles. The molecule has 0 saturated carbocycles. The first-order valence-corrected chi connectivity index (χ1v) is 5.47. The van der Waals surface area contributed by atoms with E-state index < -0.39 is 0 Å². The summed E-state index contributed by atoms with van der Waals surface area (Å²) >= 11 is 3.13. The van der Waals surface area contributed by atoms with Crippen molar-refractivity contribution >= 4 is 15.9 Å². The summed E-state index contributed by atoms with van der Waals surface area (Å²) in [4.78, 5) is 2.76. The predicted octanol–water partition coefficient (Wildman–Crippen LogP) is 4.06. The van der Waals surface area contributed by atoms with E-state index in [2.05, 4.69) is 44.9 Å². The first kappa shape index (κ1) is 10.0. The molecular formula is C14H9Br. The van der Waals surface area contributed by atoms with Crippen molar-refractivity contribution in [3.63, 3.8) is 0 Å². The van der Waals surface area contributed by atoms with E-state index in [0.717, 1.165) is 5.56 Å². The normalized spacial score (nSPS) is 9.13.